The van der Waals surface area contributed by atoms with Crippen LogP contribution in [0, 0.1) is 11.8 Å². The molecule has 2 rings (SSSR count). The molecule has 19 heavy (non-hydrogen) atoms. The lowest BCUT2D eigenvalue weighted by molar-refractivity contribution is 0.305. The quantitative estimate of drug-likeness (QED) is 0.666. The molecule has 0 atom stereocenters. The maximum atomic E-state index is 8.67. The van der Waals surface area contributed by atoms with Crippen LogP contribution in [0.4, 0.5) is 0 Å². The van der Waals surface area contributed by atoms with Gasteiger partial charge in [0.15, 0.2) is 0 Å². The van der Waals surface area contributed by atoms with Gasteiger partial charge in [-0.15, -0.1) is 23.1 Å². The van der Waals surface area contributed by atoms with Gasteiger partial charge in [-0.3, -0.25) is 0 Å². The summed E-state index contributed by atoms with van der Waals surface area (Å²) in [6, 6.07) is 12.0. The lowest BCUT2D eigenvalue weighted by atomic mass is 10.4. The number of hydrogen-bond donors (Lipinski definition) is 1. The van der Waals surface area contributed by atoms with Crippen LogP contribution >= 0.6 is 34.7 Å². The minimum atomic E-state index is 0.121. The molecule has 4 heteroatoms. The van der Waals surface area contributed by atoms with Crippen LogP contribution in [0.15, 0.2) is 41.3 Å². The summed E-state index contributed by atoms with van der Waals surface area (Å²) in [7, 11) is 0. The van der Waals surface area contributed by atoms with Crippen LogP contribution in [0.3, 0.4) is 0 Å². The number of thioether (sulfide) groups is 1. The van der Waals surface area contributed by atoms with Gasteiger partial charge in [0.05, 0.1) is 11.5 Å². The molecule has 0 saturated carbocycles. The average Bonchev–Trinajstić information content (AvgIpc) is 2.85. The maximum Gasteiger partial charge on any atom is 0.0771 e. The molecule has 0 amide bonds. The highest BCUT2D eigenvalue weighted by atomic mass is 35.5. The van der Waals surface area contributed by atoms with Crippen molar-refractivity contribution < 1.29 is 5.11 Å². The summed E-state index contributed by atoms with van der Waals surface area (Å²) < 4.78 is 0. The fourth-order valence-corrected chi connectivity index (χ4v) is 3.57. The SMILES string of the molecule is OCCC#Cc1ccc(CSc2cccc(Cl)c2)s1. The van der Waals surface area contributed by atoms with E-state index in [1.165, 1.54) is 9.77 Å². The highest BCUT2D eigenvalue weighted by Gasteiger charge is 2.00. The van der Waals surface area contributed by atoms with E-state index in [-0.39, 0.29) is 6.61 Å². The van der Waals surface area contributed by atoms with Gasteiger partial charge in [-0.05, 0) is 30.3 Å². The molecule has 1 N–H and O–H groups in total. The molecule has 2 aromatic rings. The largest absolute Gasteiger partial charge is 0.395 e. The Morgan fingerprint density at radius 2 is 2.16 bits per heavy atom. The summed E-state index contributed by atoms with van der Waals surface area (Å²) in [5, 5.41) is 9.44. The van der Waals surface area contributed by atoms with E-state index >= 15 is 0 Å². The van der Waals surface area contributed by atoms with Crippen LogP contribution in [0.2, 0.25) is 5.02 Å². The minimum absolute atomic E-state index is 0.121. The van der Waals surface area contributed by atoms with Crippen molar-refractivity contribution in [2.75, 3.05) is 6.61 Å². The highest BCUT2D eigenvalue weighted by molar-refractivity contribution is 7.98. The summed E-state index contributed by atoms with van der Waals surface area (Å²) in [5.41, 5.74) is 0. The Morgan fingerprint density at radius 1 is 1.26 bits per heavy atom. The Labute approximate surface area is 126 Å². The second-order valence-electron chi connectivity index (χ2n) is 3.79. The molecule has 0 aliphatic heterocycles. The van der Waals surface area contributed by atoms with Crippen molar-refractivity contribution in [2.24, 2.45) is 0 Å². The van der Waals surface area contributed by atoms with Crippen LogP contribution in [0.5, 0.6) is 0 Å². The zero-order chi connectivity index (χ0) is 13.5. The molecule has 0 unspecified atom stereocenters. The van der Waals surface area contributed by atoms with E-state index in [2.05, 4.69) is 24.0 Å². The first-order valence-electron chi connectivity index (χ1n) is 5.85. The van der Waals surface area contributed by atoms with Crippen molar-refractivity contribution in [3.8, 4) is 11.8 Å². The molecule has 1 heterocycles. The number of halogens is 1. The van der Waals surface area contributed by atoms with Crippen molar-refractivity contribution in [1.82, 2.24) is 0 Å². The molecule has 98 valence electrons. The Morgan fingerprint density at radius 3 is 2.95 bits per heavy atom. The third-order valence-electron chi connectivity index (χ3n) is 2.29. The molecule has 0 aliphatic carbocycles. The van der Waals surface area contributed by atoms with Gasteiger partial charge in [0.2, 0.25) is 0 Å². The minimum Gasteiger partial charge on any atom is -0.395 e. The highest BCUT2D eigenvalue weighted by Crippen LogP contribution is 2.28. The summed E-state index contributed by atoms with van der Waals surface area (Å²) in [6.07, 6.45) is 0.532. The lowest BCUT2D eigenvalue weighted by Crippen LogP contribution is -1.75. The fraction of sp³-hybridized carbons (Fsp3) is 0.200. The van der Waals surface area contributed by atoms with E-state index in [0.29, 0.717) is 6.42 Å². The molecule has 1 aromatic carbocycles. The van der Waals surface area contributed by atoms with Crippen molar-refractivity contribution in [2.45, 2.75) is 17.1 Å². The Balaban J connectivity index is 1.92. The molecule has 0 spiro atoms. The molecule has 0 aliphatic rings. The van der Waals surface area contributed by atoms with E-state index in [1.807, 2.05) is 24.3 Å². The van der Waals surface area contributed by atoms with E-state index < -0.39 is 0 Å². The molecule has 1 aromatic heterocycles. The fourth-order valence-electron chi connectivity index (χ4n) is 1.44. The van der Waals surface area contributed by atoms with Crippen LogP contribution in [0.25, 0.3) is 0 Å². The van der Waals surface area contributed by atoms with Crippen LogP contribution in [-0.2, 0) is 5.75 Å². The normalized spacial score (nSPS) is 10.0. The Hall–Kier alpha value is -0.920. The molecular weight excluding hydrogens is 296 g/mol. The predicted octanol–water partition coefficient (Wildman–Crippen LogP) is 4.43. The van der Waals surface area contributed by atoms with Crippen LogP contribution in [0.1, 0.15) is 16.2 Å². The van der Waals surface area contributed by atoms with Crippen molar-refractivity contribution in [3.63, 3.8) is 0 Å². The standard InChI is InChI=1S/C15H13ClOS2/c16-12-4-3-6-14(10-12)18-11-15-8-7-13(19-15)5-1-2-9-17/h3-4,6-8,10,17H,2,9,11H2. The summed E-state index contributed by atoms with van der Waals surface area (Å²) >= 11 is 9.42. The van der Waals surface area contributed by atoms with Crippen molar-refractivity contribution >= 4 is 34.7 Å². The number of thiophene rings is 1. The van der Waals surface area contributed by atoms with E-state index in [0.717, 1.165) is 15.7 Å². The molecular formula is C15H13ClOS2. The van der Waals surface area contributed by atoms with Gasteiger partial charge in [0, 0.05) is 27.0 Å². The number of aliphatic hydroxyl groups is 1. The van der Waals surface area contributed by atoms with E-state index in [4.69, 9.17) is 16.7 Å². The monoisotopic (exact) mass is 308 g/mol. The lowest BCUT2D eigenvalue weighted by Gasteiger charge is -1.99. The van der Waals surface area contributed by atoms with Gasteiger partial charge < -0.3 is 5.11 Å². The number of hydrogen-bond acceptors (Lipinski definition) is 3. The van der Waals surface area contributed by atoms with Gasteiger partial charge in [0.1, 0.15) is 0 Å². The Kier molecular flexibility index (Phi) is 5.81. The van der Waals surface area contributed by atoms with Crippen molar-refractivity contribution in [1.29, 1.82) is 0 Å². The van der Waals surface area contributed by atoms with E-state index in [9.17, 15) is 0 Å². The predicted molar refractivity (Wildman–Crippen MR) is 83.9 cm³/mol. The smallest absolute Gasteiger partial charge is 0.0771 e. The third-order valence-corrected chi connectivity index (χ3v) is 4.75. The summed E-state index contributed by atoms with van der Waals surface area (Å²) in [6.45, 7) is 0.121. The van der Waals surface area contributed by atoms with Gasteiger partial charge in [-0.1, -0.05) is 29.5 Å². The second kappa shape index (κ2) is 7.62. The molecule has 1 nitrogen and oxygen atoms in total. The number of rotatable bonds is 4. The van der Waals surface area contributed by atoms with Gasteiger partial charge >= 0.3 is 0 Å². The first kappa shape index (κ1) is 14.5. The van der Waals surface area contributed by atoms with Crippen LogP contribution < -0.4 is 0 Å². The molecule has 0 radical (unpaired) electrons. The van der Waals surface area contributed by atoms with Gasteiger partial charge in [-0.25, -0.2) is 0 Å². The summed E-state index contributed by atoms with van der Waals surface area (Å²) in [4.78, 5) is 3.52. The number of benzene rings is 1. The first-order valence-corrected chi connectivity index (χ1v) is 8.03. The summed E-state index contributed by atoms with van der Waals surface area (Å²) in [5.74, 6) is 6.91. The van der Waals surface area contributed by atoms with Crippen LogP contribution in [-0.4, -0.2) is 11.7 Å². The molecule has 0 bridgehead atoms. The topological polar surface area (TPSA) is 20.2 Å². The zero-order valence-corrected chi connectivity index (χ0v) is 12.6. The molecule has 0 saturated heterocycles. The zero-order valence-electron chi connectivity index (χ0n) is 10.2. The van der Waals surface area contributed by atoms with E-state index in [1.54, 1.807) is 23.1 Å². The van der Waals surface area contributed by atoms with Crippen molar-refractivity contribution in [3.05, 3.63) is 51.2 Å². The molecule has 0 fully saturated rings. The maximum absolute atomic E-state index is 8.67. The Bertz CT molecular complexity index is 595. The second-order valence-corrected chi connectivity index (χ2v) is 6.44. The third kappa shape index (κ3) is 4.93. The first-order chi connectivity index (χ1) is 9.28. The average molecular weight is 309 g/mol. The van der Waals surface area contributed by atoms with Gasteiger partial charge in [-0.2, -0.15) is 0 Å². The number of aliphatic hydroxyl groups excluding tert-OH is 1. The van der Waals surface area contributed by atoms with Gasteiger partial charge in [0.25, 0.3) is 0 Å².